The van der Waals surface area contributed by atoms with Crippen molar-refractivity contribution in [3.63, 3.8) is 0 Å². The third-order valence-electron chi connectivity index (χ3n) is 5.41. The van der Waals surface area contributed by atoms with E-state index in [2.05, 4.69) is 4.72 Å². The molecule has 0 aromatic heterocycles. The zero-order valence-electron chi connectivity index (χ0n) is 17.2. The van der Waals surface area contributed by atoms with Crippen molar-refractivity contribution in [2.75, 3.05) is 11.4 Å². The fraction of sp³-hybridized carbons (Fsp3) is 0.208. The lowest BCUT2D eigenvalue weighted by Gasteiger charge is -2.32. The van der Waals surface area contributed by atoms with Crippen LogP contribution in [-0.2, 0) is 23.0 Å². The Kier molecular flexibility index (Phi) is 5.91. The van der Waals surface area contributed by atoms with Gasteiger partial charge in [0.2, 0.25) is 10.0 Å². The van der Waals surface area contributed by atoms with E-state index in [9.17, 15) is 18.3 Å². The van der Waals surface area contributed by atoms with Gasteiger partial charge in [-0.25, -0.2) is 13.1 Å². The van der Waals surface area contributed by atoms with Gasteiger partial charge in [-0.2, -0.15) is 0 Å². The van der Waals surface area contributed by atoms with Crippen molar-refractivity contribution in [3.8, 4) is 0 Å². The molecule has 0 aliphatic carbocycles. The van der Waals surface area contributed by atoms with E-state index in [0.29, 0.717) is 12.0 Å². The average molecular weight is 437 g/mol. The number of carbonyl (C=O) groups is 1. The fourth-order valence-electron chi connectivity index (χ4n) is 3.80. The molecule has 0 saturated carbocycles. The molecule has 0 fully saturated rings. The molecule has 7 heteroatoms. The van der Waals surface area contributed by atoms with Gasteiger partial charge >= 0.3 is 0 Å². The van der Waals surface area contributed by atoms with Gasteiger partial charge in [0.15, 0.2) is 0 Å². The van der Waals surface area contributed by atoms with Gasteiger partial charge in [-0.05, 0) is 41.8 Å². The number of hydrogen-bond acceptors (Lipinski definition) is 4. The molecule has 1 aliphatic heterocycles. The molecule has 2 N–H and O–H groups in total. The highest BCUT2D eigenvalue weighted by molar-refractivity contribution is 7.89. The highest BCUT2D eigenvalue weighted by atomic mass is 32.2. The van der Waals surface area contributed by atoms with Crippen LogP contribution in [0.2, 0.25) is 0 Å². The maximum atomic E-state index is 13.3. The monoisotopic (exact) mass is 436 g/mol. The first kappa shape index (κ1) is 21.2. The van der Waals surface area contributed by atoms with Gasteiger partial charge in [0.25, 0.3) is 5.91 Å². The summed E-state index contributed by atoms with van der Waals surface area (Å²) in [6, 6.07) is 21.4. The Balaban J connectivity index is 1.63. The van der Waals surface area contributed by atoms with Crippen molar-refractivity contribution < 1.29 is 18.3 Å². The molecule has 0 bridgehead atoms. The summed E-state index contributed by atoms with van der Waals surface area (Å²) in [7, 11) is -3.82. The van der Waals surface area contributed by atoms with Crippen LogP contribution in [0.4, 0.5) is 5.69 Å². The minimum Gasteiger partial charge on any atom is -0.391 e. The van der Waals surface area contributed by atoms with Crippen LogP contribution in [-0.4, -0.2) is 32.1 Å². The number of nitrogens with one attached hydrogen (secondary N) is 1. The minimum absolute atomic E-state index is 0.0696. The van der Waals surface area contributed by atoms with Crippen molar-refractivity contribution in [2.24, 2.45) is 0 Å². The SMILES string of the molecule is Cc1ccc(C(=O)N2CC(O)Cc3ccccc32)cc1S(=O)(=O)NCc1ccccc1. The second-order valence-corrected chi connectivity index (χ2v) is 9.43. The lowest BCUT2D eigenvalue weighted by atomic mass is 9.98. The van der Waals surface area contributed by atoms with Crippen LogP contribution < -0.4 is 9.62 Å². The van der Waals surface area contributed by atoms with Crippen molar-refractivity contribution in [3.05, 3.63) is 95.1 Å². The molecule has 31 heavy (non-hydrogen) atoms. The summed E-state index contributed by atoms with van der Waals surface area (Å²) < 4.78 is 28.5. The maximum absolute atomic E-state index is 13.3. The number of amides is 1. The number of nitrogens with zero attached hydrogens (tertiary/aromatic N) is 1. The lowest BCUT2D eigenvalue weighted by molar-refractivity contribution is 0.0954. The second kappa shape index (κ2) is 8.63. The van der Waals surface area contributed by atoms with Gasteiger partial charge in [0, 0.05) is 24.2 Å². The van der Waals surface area contributed by atoms with Crippen LogP contribution in [0.1, 0.15) is 27.0 Å². The smallest absolute Gasteiger partial charge is 0.258 e. The lowest BCUT2D eigenvalue weighted by Crippen LogP contribution is -2.42. The van der Waals surface area contributed by atoms with Gasteiger partial charge in [0.1, 0.15) is 0 Å². The van der Waals surface area contributed by atoms with E-state index in [0.717, 1.165) is 16.8 Å². The van der Waals surface area contributed by atoms with E-state index in [1.807, 2.05) is 54.6 Å². The highest BCUT2D eigenvalue weighted by Crippen LogP contribution is 2.29. The zero-order valence-corrected chi connectivity index (χ0v) is 18.0. The number of aliphatic hydroxyl groups is 1. The Hall–Kier alpha value is -3.00. The molecule has 160 valence electrons. The molecule has 3 aromatic rings. The van der Waals surface area contributed by atoms with E-state index >= 15 is 0 Å². The van der Waals surface area contributed by atoms with Crippen LogP contribution in [0.5, 0.6) is 0 Å². The van der Waals surface area contributed by atoms with E-state index < -0.39 is 16.1 Å². The van der Waals surface area contributed by atoms with E-state index in [-0.39, 0.29) is 29.5 Å². The number of carbonyl (C=O) groups excluding carboxylic acids is 1. The van der Waals surface area contributed by atoms with Gasteiger partial charge in [-0.15, -0.1) is 0 Å². The normalized spacial score (nSPS) is 16.1. The molecule has 1 unspecified atom stereocenters. The molecule has 3 aromatic carbocycles. The predicted octanol–water partition coefficient (Wildman–Crippen LogP) is 3.04. The standard InChI is InChI=1S/C24H24N2O4S/c1-17-11-12-20(14-23(17)31(29,30)25-15-18-7-3-2-4-8-18)24(28)26-16-21(27)13-19-9-5-6-10-22(19)26/h2-12,14,21,25,27H,13,15-16H2,1H3. The maximum Gasteiger partial charge on any atom is 0.258 e. The summed E-state index contributed by atoms with van der Waals surface area (Å²) in [6.45, 7) is 2.02. The number of sulfonamides is 1. The van der Waals surface area contributed by atoms with Crippen LogP contribution in [0.25, 0.3) is 0 Å². The van der Waals surface area contributed by atoms with Crippen molar-refractivity contribution in [1.29, 1.82) is 0 Å². The second-order valence-electron chi connectivity index (χ2n) is 7.69. The summed E-state index contributed by atoms with van der Waals surface area (Å²) in [6.07, 6.45) is -0.184. The van der Waals surface area contributed by atoms with Gasteiger partial charge < -0.3 is 10.0 Å². The molecular weight excluding hydrogens is 412 g/mol. The Bertz CT molecular complexity index is 1210. The van der Waals surface area contributed by atoms with Gasteiger partial charge in [-0.1, -0.05) is 54.6 Å². The minimum atomic E-state index is -3.82. The molecule has 1 aliphatic rings. The number of fused-ring (bicyclic) bond motifs is 1. The number of aryl methyl sites for hydroxylation is 1. The first-order valence-electron chi connectivity index (χ1n) is 10.1. The Morgan fingerprint density at radius 2 is 1.77 bits per heavy atom. The molecule has 1 heterocycles. The third kappa shape index (κ3) is 4.54. The first-order chi connectivity index (χ1) is 14.8. The topological polar surface area (TPSA) is 86.7 Å². The molecule has 1 amide bonds. The quantitative estimate of drug-likeness (QED) is 0.644. The average Bonchev–Trinajstić information content (AvgIpc) is 2.77. The van der Waals surface area contributed by atoms with Crippen LogP contribution in [0.15, 0.2) is 77.7 Å². The first-order valence-corrected chi connectivity index (χ1v) is 11.6. The summed E-state index contributed by atoms with van der Waals surface area (Å²) >= 11 is 0. The van der Waals surface area contributed by atoms with Gasteiger partial charge in [-0.3, -0.25) is 4.79 Å². The van der Waals surface area contributed by atoms with E-state index in [1.165, 1.54) is 11.0 Å². The van der Waals surface area contributed by atoms with E-state index in [1.54, 1.807) is 19.1 Å². The van der Waals surface area contributed by atoms with Crippen LogP contribution >= 0.6 is 0 Å². The van der Waals surface area contributed by atoms with Gasteiger partial charge in [0.05, 0.1) is 17.5 Å². The van der Waals surface area contributed by atoms with Crippen molar-refractivity contribution in [1.82, 2.24) is 4.72 Å². The Labute approximate surface area is 182 Å². The molecule has 4 rings (SSSR count). The number of benzene rings is 3. The summed E-state index contributed by atoms with van der Waals surface area (Å²) in [5.74, 6) is -0.342. The van der Waals surface area contributed by atoms with Crippen LogP contribution in [0.3, 0.4) is 0 Å². The summed E-state index contributed by atoms with van der Waals surface area (Å²) in [5, 5.41) is 10.2. The molecule has 0 radical (unpaired) electrons. The molecule has 0 spiro atoms. The summed E-state index contributed by atoms with van der Waals surface area (Å²) in [5.41, 5.74) is 3.28. The molecule has 0 saturated heterocycles. The Morgan fingerprint density at radius 1 is 1.06 bits per heavy atom. The highest BCUT2D eigenvalue weighted by Gasteiger charge is 2.29. The number of hydrogen-bond donors (Lipinski definition) is 2. The largest absolute Gasteiger partial charge is 0.391 e. The van der Waals surface area contributed by atoms with Crippen molar-refractivity contribution >= 4 is 21.6 Å². The Morgan fingerprint density at radius 3 is 2.55 bits per heavy atom. The zero-order chi connectivity index (χ0) is 22.0. The number of para-hydroxylation sites is 1. The van der Waals surface area contributed by atoms with E-state index in [4.69, 9.17) is 0 Å². The number of anilines is 1. The fourth-order valence-corrected chi connectivity index (χ4v) is 5.08. The number of aliphatic hydroxyl groups excluding tert-OH is 1. The van der Waals surface area contributed by atoms with Crippen LogP contribution in [0, 0.1) is 6.92 Å². The summed E-state index contributed by atoms with van der Waals surface area (Å²) in [4.78, 5) is 14.9. The van der Waals surface area contributed by atoms with Crippen molar-refractivity contribution in [2.45, 2.75) is 30.9 Å². The predicted molar refractivity (Wildman–Crippen MR) is 119 cm³/mol. The third-order valence-corrected chi connectivity index (χ3v) is 6.95. The molecular formula is C24H24N2O4S. The molecule has 1 atom stereocenters. The number of rotatable bonds is 5. The molecule has 6 nitrogen and oxygen atoms in total. The number of β-amino-alcohol motifs (C(OH)–C–C–N with tert-alkyl or cyclic N) is 1.